The van der Waals surface area contributed by atoms with Gasteiger partial charge in [0.1, 0.15) is 6.10 Å². The molecule has 0 radical (unpaired) electrons. The summed E-state index contributed by atoms with van der Waals surface area (Å²) >= 11 is 0. The SMILES string of the molecule is CC(CCCCCCCCC=CC(=O)O)OC1OC(C)C(O)CC1O. The Kier molecular flexibility index (Phi) is 11.0. The van der Waals surface area contributed by atoms with Gasteiger partial charge in [-0.2, -0.15) is 0 Å². The van der Waals surface area contributed by atoms with Crippen LogP contribution < -0.4 is 0 Å². The molecule has 0 saturated carbocycles. The Bertz CT molecular complexity index is 397. The molecular weight excluding hydrogens is 324 g/mol. The fourth-order valence-electron chi connectivity index (χ4n) is 2.95. The maximum absolute atomic E-state index is 10.3. The number of carboxylic acid groups (broad SMARTS) is 1. The summed E-state index contributed by atoms with van der Waals surface area (Å²) in [4.78, 5) is 10.3. The van der Waals surface area contributed by atoms with Crippen LogP contribution in [0, 0.1) is 0 Å². The third kappa shape index (κ3) is 9.94. The van der Waals surface area contributed by atoms with E-state index in [4.69, 9.17) is 14.6 Å². The number of hydrogen-bond donors (Lipinski definition) is 3. The first kappa shape index (κ1) is 22.1. The lowest BCUT2D eigenvalue weighted by Gasteiger charge is -2.36. The van der Waals surface area contributed by atoms with Gasteiger partial charge in [-0.3, -0.25) is 0 Å². The van der Waals surface area contributed by atoms with Gasteiger partial charge in [-0.15, -0.1) is 0 Å². The van der Waals surface area contributed by atoms with Crippen molar-refractivity contribution >= 4 is 5.97 Å². The highest BCUT2D eigenvalue weighted by atomic mass is 16.7. The van der Waals surface area contributed by atoms with Crippen molar-refractivity contribution in [3.8, 4) is 0 Å². The minimum atomic E-state index is -0.881. The lowest BCUT2D eigenvalue weighted by Crippen LogP contribution is -2.48. The Morgan fingerprint density at radius 3 is 2.48 bits per heavy atom. The van der Waals surface area contributed by atoms with Crippen LogP contribution in [0.3, 0.4) is 0 Å². The Morgan fingerprint density at radius 2 is 1.80 bits per heavy atom. The van der Waals surface area contributed by atoms with Crippen LogP contribution in [0.1, 0.15) is 71.6 Å². The molecule has 0 aromatic carbocycles. The highest BCUT2D eigenvalue weighted by Crippen LogP contribution is 2.23. The van der Waals surface area contributed by atoms with Crippen molar-refractivity contribution in [3.63, 3.8) is 0 Å². The van der Waals surface area contributed by atoms with Gasteiger partial charge < -0.3 is 24.8 Å². The van der Waals surface area contributed by atoms with E-state index in [1.54, 1.807) is 13.0 Å². The van der Waals surface area contributed by atoms with Crippen LogP contribution in [0.15, 0.2) is 12.2 Å². The summed E-state index contributed by atoms with van der Waals surface area (Å²) in [6.45, 7) is 3.77. The zero-order chi connectivity index (χ0) is 18.7. The predicted octanol–water partition coefficient (Wildman–Crippen LogP) is 3.01. The van der Waals surface area contributed by atoms with E-state index in [-0.39, 0.29) is 12.2 Å². The molecule has 0 amide bonds. The van der Waals surface area contributed by atoms with Crippen LogP contribution in [0.2, 0.25) is 0 Å². The van der Waals surface area contributed by atoms with Gasteiger partial charge in [-0.25, -0.2) is 4.79 Å². The molecule has 5 atom stereocenters. The molecule has 25 heavy (non-hydrogen) atoms. The number of aliphatic hydroxyl groups excluding tert-OH is 2. The fourth-order valence-corrected chi connectivity index (χ4v) is 2.95. The summed E-state index contributed by atoms with van der Waals surface area (Å²) in [7, 11) is 0. The topological polar surface area (TPSA) is 96.2 Å². The average Bonchev–Trinajstić information content (AvgIpc) is 2.54. The van der Waals surface area contributed by atoms with Gasteiger partial charge in [-0.05, 0) is 33.1 Å². The summed E-state index contributed by atoms with van der Waals surface area (Å²) in [5.41, 5.74) is 0. The first-order valence-electron chi connectivity index (χ1n) is 9.46. The molecule has 1 heterocycles. The number of aliphatic carboxylic acids is 1. The van der Waals surface area contributed by atoms with E-state index in [1.165, 1.54) is 12.5 Å². The van der Waals surface area contributed by atoms with Crippen molar-refractivity contribution in [1.82, 2.24) is 0 Å². The fraction of sp³-hybridized carbons (Fsp3) is 0.842. The molecular formula is C19H34O6. The standard InChI is InChI=1S/C19H34O6/c1-14(24-19-17(21)13-16(20)15(2)25-19)11-9-7-5-3-4-6-8-10-12-18(22)23/h10,12,14-17,19-21H,3-9,11,13H2,1-2H3,(H,22,23). The lowest BCUT2D eigenvalue weighted by molar-refractivity contribution is -0.273. The maximum Gasteiger partial charge on any atom is 0.327 e. The quantitative estimate of drug-likeness (QED) is 0.367. The van der Waals surface area contributed by atoms with Gasteiger partial charge in [0.25, 0.3) is 0 Å². The van der Waals surface area contributed by atoms with Crippen molar-refractivity contribution in [2.75, 3.05) is 0 Å². The number of carbonyl (C=O) groups is 1. The van der Waals surface area contributed by atoms with Gasteiger partial charge >= 0.3 is 5.97 Å². The average molecular weight is 358 g/mol. The Hall–Kier alpha value is -0.950. The summed E-state index contributed by atoms with van der Waals surface area (Å²) in [5.74, 6) is -0.881. The third-order valence-corrected chi connectivity index (χ3v) is 4.55. The van der Waals surface area contributed by atoms with Crippen molar-refractivity contribution in [3.05, 3.63) is 12.2 Å². The van der Waals surface area contributed by atoms with E-state index < -0.39 is 24.5 Å². The number of unbranched alkanes of at least 4 members (excludes halogenated alkanes) is 6. The van der Waals surface area contributed by atoms with Crippen molar-refractivity contribution in [2.24, 2.45) is 0 Å². The van der Waals surface area contributed by atoms with E-state index in [9.17, 15) is 15.0 Å². The second-order valence-electron chi connectivity index (χ2n) is 6.97. The largest absolute Gasteiger partial charge is 0.478 e. The zero-order valence-electron chi connectivity index (χ0n) is 15.5. The molecule has 3 N–H and O–H groups in total. The highest BCUT2D eigenvalue weighted by molar-refractivity contribution is 5.79. The molecule has 1 fully saturated rings. The smallest absolute Gasteiger partial charge is 0.327 e. The number of carboxylic acids is 1. The van der Waals surface area contributed by atoms with Crippen molar-refractivity contribution in [1.29, 1.82) is 0 Å². The molecule has 6 nitrogen and oxygen atoms in total. The monoisotopic (exact) mass is 358 g/mol. The maximum atomic E-state index is 10.3. The molecule has 5 unspecified atom stereocenters. The normalized spacial score (nSPS) is 28.3. The molecule has 1 aliphatic heterocycles. The van der Waals surface area contributed by atoms with Gasteiger partial charge in [0.2, 0.25) is 0 Å². The van der Waals surface area contributed by atoms with Crippen molar-refractivity contribution < 1.29 is 29.6 Å². The second-order valence-corrected chi connectivity index (χ2v) is 6.97. The molecule has 0 aromatic heterocycles. The number of aliphatic hydroxyl groups is 2. The minimum absolute atomic E-state index is 0.0169. The van der Waals surface area contributed by atoms with Crippen LogP contribution in [0.25, 0.3) is 0 Å². The molecule has 1 aliphatic rings. The van der Waals surface area contributed by atoms with Crippen molar-refractivity contribution in [2.45, 2.75) is 102 Å². The molecule has 0 spiro atoms. The van der Waals surface area contributed by atoms with E-state index in [1.807, 2.05) is 6.92 Å². The number of allylic oxidation sites excluding steroid dienone is 1. The summed E-state index contributed by atoms with van der Waals surface area (Å²) in [5, 5.41) is 28.0. The molecule has 0 bridgehead atoms. The molecule has 0 aliphatic carbocycles. The van der Waals surface area contributed by atoms with E-state index >= 15 is 0 Å². The van der Waals surface area contributed by atoms with Crippen LogP contribution in [0.5, 0.6) is 0 Å². The van der Waals surface area contributed by atoms with Gasteiger partial charge in [0, 0.05) is 12.5 Å². The number of rotatable bonds is 12. The summed E-state index contributed by atoms with van der Waals surface area (Å²) in [6.07, 6.45) is 9.30. The van der Waals surface area contributed by atoms with Gasteiger partial charge in [0.05, 0.1) is 18.3 Å². The molecule has 0 aromatic rings. The molecule has 6 heteroatoms. The Morgan fingerprint density at radius 1 is 1.16 bits per heavy atom. The minimum Gasteiger partial charge on any atom is -0.478 e. The summed E-state index contributed by atoms with van der Waals surface area (Å²) < 4.78 is 11.3. The first-order chi connectivity index (χ1) is 11.9. The van der Waals surface area contributed by atoms with Gasteiger partial charge in [-0.1, -0.05) is 38.2 Å². The van der Waals surface area contributed by atoms with Gasteiger partial charge in [0.15, 0.2) is 6.29 Å². The molecule has 1 saturated heterocycles. The molecule has 1 rings (SSSR count). The predicted molar refractivity (Wildman–Crippen MR) is 95.2 cm³/mol. The Balaban J connectivity index is 2.00. The Labute approximate surface area is 150 Å². The van der Waals surface area contributed by atoms with E-state index in [2.05, 4.69) is 0 Å². The zero-order valence-corrected chi connectivity index (χ0v) is 15.5. The molecule has 146 valence electrons. The van der Waals surface area contributed by atoms with Crippen LogP contribution >= 0.6 is 0 Å². The van der Waals surface area contributed by atoms with Crippen LogP contribution in [0.4, 0.5) is 0 Å². The summed E-state index contributed by atoms with van der Waals surface area (Å²) in [6, 6.07) is 0. The lowest BCUT2D eigenvalue weighted by atomic mass is 10.0. The van der Waals surface area contributed by atoms with E-state index in [0.717, 1.165) is 44.9 Å². The number of hydrogen-bond acceptors (Lipinski definition) is 5. The van der Waals surface area contributed by atoms with E-state index in [0.29, 0.717) is 6.42 Å². The highest BCUT2D eigenvalue weighted by Gasteiger charge is 2.35. The van der Waals surface area contributed by atoms with Crippen LogP contribution in [-0.2, 0) is 14.3 Å². The third-order valence-electron chi connectivity index (χ3n) is 4.55. The van der Waals surface area contributed by atoms with Crippen LogP contribution in [-0.4, -0.2) is 52.0 Å². The number of ether oxygens (including phenoxy) is 2. The first-order valence-corrected chi connectivity index (χ1v) is 9.46. The second kappa shape index (κ2) is 12.4.